The molecule has 2 aromatic rings. The van der Waals surface area contributed by atoms with E-state index in [4.69, 9.17) is 16.7 Å². The number of carboxylic acid groups (broad SMARTS) is 1. The van der Waals surface area contributed by atoms with Gasteiger partial charge in [0.15, 0.2) is 0 Å². The van der Waals surface area contributed by atoms with Gasteiger partial charge in [-0.1, -0.05) is 29.8 Å². The highest BCUT2D eigenvalue weighted by Crippen LogP contribution is 2.44. The normalized spacial score (nSPS) is 23.2. The Morgan fingerprint density at radius 2 is 1.94 bits per heavy atom. The van der Waals surface area contributed by atoms with E-state index >= 15 is 0 Å². The van der Waals surface area contributed by atoms with E-state index in [0.717, 1.165) is 40.9 Å². The van der Waals surface area contributed by atoms with E-state index in [1.165, 1.54) is 4.68 Å². The van der Waals surface area contributed by atoms with Crippen LogP contribution in [-0.2, 0) is 17.6 Å². The maximum absolute atomic E-state index is 13.7. The molecule has 7 heteroatoms. The molecule has 162 valence electrons. The number of halogens is 1. The maximum atomic E-state index is 13.7. The van der Waals surface area contributed by atoms with Gasteiger partial charge in [0.05, 0.1) is 34.0 Å². The lowest BCUT2D eigenvalue weighted by atomic mass is 9.85. The van der Waals surface area contributed by atoms with Crippen molar-refractivity contribution in [1.29, 1.82) is 0 Å². The van der Waals surface area contributed by atoms with Crippen LogP contribution in [0.15, 0.2) is 24.3 Å². The molecule has 6 nitrogen and oxygen atoms in total. The molecular weight excluding hydrogens is 416 g/mol. The molecule has 2 unspecified atom stereocenters. The standard InChI is InChI=1S/C24H25ClN2O4/c25-19-3-1-2-17(13-4-5-13)21(19)23(29)27-20-12-16(28)10-11-18(20)22(26-27)14-6-8-15(9-7-14)24(30)31/h1-3,6,13,15-16,28H,4-5,7-12H2,(H,30,31). The molecule has 0 bridgehead atoms. The summed E-state index contributed by atoms with van der Waals surface area (Å²) < 4.78 is 1.45. The summed E-state index contributed by atoms with van der Waals surface area (Å²) in [6.07, 6.45) is 6.87. The number of carbonyl (C=O) groups is 2. The summed E-state index contributed by atoms with van der Waals surface area (Å²) in [5, 5.41) is 24.8. The van der Waals surface area contributed by atoms with Crippen molar-refractivity contribution in [2.75, 3.05) is 0 Å². The van der Waals surface area contributed by atoms with E-state index in [-0.39, 0.29) is 11.8 Å². The lowest BCUT2D eigenvalue weighted by Crippen LogP contribution is -2.25. The van der Waals surface area contributed by atoms with Gasteiger partial charge in [-0.15, -0.1) is 0 Å². The lowest BCUT2D eigenvalue weighted by molar-refractivity contribution is -0.141. The molecule has 31 heavy (non-hydrogen) atoms. The van der Waals surface area contributed by atoms with Crippen LogP contribution in [0.4, 0.5) is 0 Å². The number of carboxylic acids is 1. The fourth-order valence-electron chi connectivity index (χ4n) is 4.90. The number of nitrogens with zero attached hydrogens (tertiary/aromatic N) is 2. The van der Waals surface area contributed by atoms with Crippen LogP contribution in [0.25, 0.3) is 5.57 Å². The topological polar surface area (TPSA) is 92.4 Å². The SMILES string of the molecule is O=C(O)C1CC=C(c2nn(C(=O)c3c(Cl)cccc3C3CC3)c3c2CCC(O)C3)CC1. The molecule has 0 saturated heterocycles. The Bertz CT molecular complexity index is 1100. The number of fused-ring (bicyclic) bond motifs is 1. The molecule has 1 saturated carbocycles. The second-order valence-corrected chi connectivity index (χ2v) is 9.31. The third kappa shape index (κ3) is 3.72. The van der Waals surface area contributed by atoms with Crippen LogP contribution in [0.2, 0.25) is 5.02 Å². The van der Waals surface area contributed by atoms with Gasteiger partial charge in [-0.05, 0) is 68.1 Å². The Balaban J connectivity index is 1.58. The van der Waals surface area contributed by atoms with Gasteiger partial charge in [0.25, 0.3) is 5.91 Å². The van der Waals surface area contributed by atoms with E-state index < -0.39 is 12.1 Å². The first-order valence-electron chi connectivity index (χ1n) is 11.0. The van der Waals surface area contributed by atoms with E-state index in [1.807, 2.05) is 18.2 Å². The fraction of sp³-hybridized carbons (Fsp3) is 0.458. The van der Waals surface area contributed by atoms with Crippen molar-refractivity contribution < 1.29 is 19.8 Å². The number of aromatic nitrogens is 2. The van der Waals surface area contributed by atoms with E-state index in [9.17, 15) is 19.8 Å². The van der Waals surface area contributed by atoms with E-state index in [1.54, 1.807) is 6.07 Å². The average Bonchev–Trinajstić information content (AvgIpc) is 3.54. The lowest BCUT2D eigenvalue weighted by Gasteiger charge is -2.21. The van der Waals surface area contributed by atoms with Crippen molar-refractivity contribution >= 4 is 29.1 Å². The zero-order valence-corrected chi connectivity index (χ0v) is 17.9. The number of hydrogen-bond acceptors (Lipinski definition) is 4. The van der Waals surface area contributed by atoms with Crippen LogP contribution >= 0.6 is 11.6 Å². The molecule has 0 aliphatic heterocycles. The zero-order chi connectivity index (χ0) is 21.7. The Morgan fingerprint density at radius 3 is 2.61 bits per heavy atom. The van der Waals surface area contributed by atoms with Gasteiger partial charge in [0.2, 0.25) is 0 Å². The Morgan fingerprint density at radius 1 is 1.13 bits per heavy atom. The predicted molar refractivity (Wildman–Crippen MR) is 116 cm³/mol. The minimum absolute atomic E-state index is 0.246. The fourth-order valence-corrected chi connectivity index (χ4v) is 5.16. The Kier molecular flexibility index (Phi) is 5.22. The molecule has 1 fully saturated rings. The molecule has 5 rings (SSSR count). The van der Waals surface area contributed by atoms with Gasteiger partial charge >= 0.3 is 5.97 Å². The van der Waals surface area contributed by atoms with Crippen LogP contribution in [-0.4, -0.2) is 38.0 Å². The summed E-state index contributed by atoms with van der Waals surface area (Å²) >= 11 is 6.48. The van der Waals surface area contributed by atoms with Crippen LogP contribution in [0.3, 0.4) is 0 Å². The summed E-state index contributed by atoms with van der Waals surface area (Å²) in [4.78, 5) is 25.0. The molecule has 2 N–H and O–H groups in total. The van der Waals surface area contributed by atoms with Gasteiger partial charge in [0.1, 0.15) is 0 Å². The zero-order valence-electron chi connectivity index (χ0n) is 17.2. The smallest absolute Gasteiger partial charge is 0.306 e. The third-order valence-corrected chi connectivity index (χ3v) is 7.09. The monoisotopic (exact) mass is 440 g/mol. The maximum Gasteiger partial charge on any atom is 0.306 e. The second-order valence-electron chi connectivity index (χ2n) is 8.90. The number of allylic oxidation sites excluding steroid dienone is 2. The number of aliphatic carboxylic acids is 1. The predicted octanol–water partition coefficient (Wildman–Crippen LogP) is 4.22. The number of aliphatic hydroxyl groups excluding tert-OH is 1. The molecule has 3 aliphatic carbocycles. The molecule has 3 aliphatic rings. The first-order chi connectivity index (χ1) is 14.9. The summed E-state index contributed by atoms with van der Waals surface area (Å²) in [7, 11) is 0. The first kappa shape index (κ1) is 20.5. The van der Waals surface area contributed by atoms with E-state index in [0.29, 0.717) is 55.0 Å². The van der Waals surface area contributed by atoms with Crippen molar-refractivity contribution in [1.82, 2.24) is 9.78 Å². The van der Waals surface area contributed by atoms with Crippen LogP contribution < -0.4 is 0 Å². The van der Waals surface area contributed by atoms with Gasteiger partial charge in [-0.3, -0.25) is 9.59 Å². The molecule has 1 aromatic heterocycles. The summed E-state index contributed by atoms with van der Waals surface area (Å²) in [5.74, 6) is -1.02. The minimum Gasteiger partial charge on any atom is -0.481 e. The third-order valence-electron chi connectivity index (χ3n) is 6.78. The highest BCUT2D eigenvalue weighted by molar-refractivity contribution is 6.34. The van der Waals surface area contributed by atoms with Crippen molar-refractivity contribution in [2.24, 2.45) is 5.92 Å². The minimum atomic E-state index is -0.771. The van der Waals surface area contributed by atoms with Gasteiger partial charge in [0, 0.05) is 12.0 Å². The van der Waals surface area contributed by atoms with Crippen LogP contribution in [0.5, 0.6) is 0 Å². The molecule has 1 heterocycles. The number of carbonyl (C=O) groups excluding carboxylic acids is 1. The number of rotatable bonds is 4. The van der Waals surface area contributed by atoms with Crippen LogP contribution in [0.1, 0.15) is 77.3 Å². The molecular formula is C24H25ClN2O4. The molecule has 0 amide bonds. The largest absolute Gasteiger partial charge is 0.481 e. The van der Waals surface area contributed by atoms with Crippen molar-refractivity contribution in [3.63, 3.8) is 0 Å². The molecule has 2 atom stereocenters. The van der Waals surface area contributed by atoms with E-state index in [2.05, 4.69) is 0 Å². The van der Waals surface area contributed by atoms with Gasteiger partial charge in [-0.25, -0.2) is 0 Å². The Hall–Kier alpha value is -2.44. The molecule has 1 aromatic carbocycles. The molecule has 0 radical (unpaired) electrons. The number of benzene rings is 1. The quantitative estimate of drug-likeness (QED) is 0.742. The number of hydrogen-bond donors (Lipinski definition) is 2. The summed E-state index contributed by atoms with van der Waals surface area (Å²) in [6.45, 7) is 0. The van der Waals surface area contributed by atoms with Gasteiger partial charge in [-0.2, -0.15) is 9.78 Å². The van der Waals surface area contributed by atoms with Crippen LogP contribution in [0, 0.1) is 5.92 Å². The summed E-state index contributed by atoms with van der Waals surface area (Å²) in [5.41, 5.74) is 5.01. The van der Waals surface area contributed by atoms with Crippen molar-refractivity contribution in [2.45, 2.75) is 63.4 Å². The molecule has 0 spiro atoms. The van der Waals surface area contributed by atoms with Crippen molar-refractivity contribution in [3.05, 3.63) is 57.4 Å². The first-order valence-corrected chi connectivity index (χ1v) is 11.4. The van der Waals surface area contributed by atoms with Crippen molar-refractivity contribution in [3.8, 4) is 0 Å². The summed E-state index contributed by atoms with van der Waals surface area (Å²) in [6, 6.07) is 5.59. The highest BCUT2D eigenvalue weighted by atomic mass is 35.5. The second kappa shape index (κ2) is 7.92. The van der Waals surface area contributed by atoms with Gasteiger partial charge < -0.3 is 10.2 Å². The average molecular weight is 441 g/mol. The Labute approximate surface area is 185 Å². The number of aliphatic hydroxyl groups is 1. The highest BCUT2D eigenvalue weighted by Gasteiger charge is 2.34.